The van der Waals surface area contributed by atoms with Crippen molar-refractivity contribution in [3.8, 4) is 0 Å². The quantitative estimate of drug-likeness (QED) is 0.695. The average molecular weight is 248 g/mol. The van der Waals surface area contributed by atoms with Crippen LogP contribution in [0.15, 0.2) is 24.7 Å². The van der Waals surface area contributed by atoms with E-state index in [1.807, 2.05) is 38.5 Å². The molecule has 4 fully saturated rings. The lowest BCUT2D eigenvalue weighted by Gasteiger charge is -2.60. The smallest absolute Gasteiger partial charge is 0.112 e. The van der Waals surface area contributed by atoms with Gasteiger partial charge in [-0.2, -0.15) is 0 Å². The molecule has 0 N–H and O–H groups in total. The summed E-state index contributed by atoms with van der Waals surface area (Å²) in [5.74, 6) is 1.61. The molecule has 0 amide bonds. The van der Waals surface area contributed by atoms with Gasteiger partial charge in [-0.25, -0.2) is 0 Å². The summed E-state index contributed by atoms with van der Waals surface area (Å²) in [7, 11) is 0. The van der Waals surface area contributed by atoms with Gasteiger partial charge in [0.05, 0.1) is 12.5 Å². The van der Waals surface area contributed by atoms with E-state index in [1.165, 1.54) is 32.1 Å². The fourth-order valence-electron chi connectivity index (χ4n) is 4.80. The van der Waals surface area contributed by atoms with Crippen LogP contribution in [0.5, 0.6) is 0 Å². The normalized spacial score (nSPS) is 46.1. The first-order valence-electron chi connectivity index (χ1n) is 7.27. The zero-order valence-electron chi connectivity index (χ0n) is 11.5. The van der Waals surface area contributed by atoms with Crippen LogP contribution in [-0.4, -0.2) is 11.2 Å². The minimum atomic E-state index is 0.0676. The zero-order valence-corrected chi connectivity index (χ0v) is 11.5. The van der Waals surface area contributed by atoms with Crippen molar-refractivity contribution in [2.24, 2.45) is 11.8 Å². The Labute approximate surface area is 110 Å². The predicted molar refractivity (Wildman–Crippen MR) is 71.9 cm³/mol. The number of allylic oxidation sites excluding steroid dienone is 2. The first-order chi connectivity index (χ1) is 8.69. The van der Waals surface area contributed by atoms with Gasteiger partial charge in [0.25, 0.3) is 0 Å². The monoisotopic (exact) mass is 248 g/mol. The van der Waals surface area contributed by atoms with Gasteiger partial charge in [-0.1, -0.05) is 12.2 Å². The number of hydrogen-bond donors (Lipinski definition) is 0. The lowest BCUT2D eigenvalue weighted by Crippen LogP contribution is -2.60. The molecule has 4 saturated carbocycles. The average Bonchev–Trinajstić information content (AvgIpc) is 2.32. The fraction of sp³-hybridized carbons (Fsp3) is 0.750. The largest absolute Gasteiger partial charge is 0.495 e. The molecular weight excluding hydrogens is 224 g/mol. The predicted octanol–water partition coefficient (Wildman–Crippen LogP) is 4.18. The van der Waals surface area contributed by atoms with E-state index in [-0.39, 0.29) is 11.2 Å². The van der Waals surface area contributed by atoms with E-state index in [0.29, 0.717) is 0 Å². The van der Waals surface area contributed by atoms with Crippen molar-refractivity contribution in [1.29, 1.82) is 0 Å². The summed E-state index contributed by atoms with van der Waals surface area (Å²) in [4.78, 5) is 0. The summed E-state index contributed by atoms with van der Waals surface area (Å²) in [6.07, 6.45) is 15.2. The molecule has 0 aromatic carbocycles. The summed E-state index contributed by atoms with van der Waals surface area (Å²) < 4.78 is 12.2. The van der Waals surface area contributed by atoms with Gasteiger partial charge in [0.1, 0.15) is 11.2 Å². The third-order valence-corrected chi connectivity index (χ3v) is 4.86. The molecule has 2 nitrogen and oxygen atoms in total. The van der Waals surface area contributed by atoms with E-state index in [9.17, 15) is 0 Å². The van der Waals surface area contributed by atoms with Crippen molar-refractivity contribution >= 4 is 0 Å². The maximum atomic E-state index is 6.11. The van der Waals surface area contributed by atoms with Gasteiger partial charge < -0.3 is 9.47 Å². The summed E-state index contributed by atoms with van der Waals surface area (Å²) in [6, 6.07) is 0. The molecule has 0 aromatic heterocycles. The third kappa shape index (κ3) is 1.96. The highest BCUT2D eigenvalue weighted by Gasteiger charge is 2.60. The molecule has 0 radical (unpaired) electrons. The molecule has 0 unspecified atom stereocenters. The Morgan fingerprint density at radius 1 is 0.833 bits per heavy atom. The van der Waals surface area contributed by atoms with Crippen LogP contribution in [0.1, 0.15) is 52.4 Å². The first kappa shape index (κ1) is 12.1. The number of ether oxygens (including phenoxy) is 2. The van der Waals surface area contributed by atoms with Gasteiger partial charge in [-0.05, 0) is 57.8 Å². The van der Waals surface area contributed by atoms with Gasteiger partial charge in [0.15, 0.2) is 0 Å². The topological polar surface area (TPSA) is 18.5 Å². The second-order valence-corrected chi connectivity index (χ2v) is 6.50. The molecule has 18 heavy (non-hydrogen) atoms. The van der Waals surface area contributed by atoms with E-state index in [2.05, 4.69) is 0 Å². The molecule has 0 aliphatic heterocycles. The van der Waals surface area contributed by atoms with Crippen molar-refractivity contribution in [3.05, 3.63) is 24.7 Å². The van der Waals surface area contributed by atoms with Crippen molar-refractivity contribution in [2.45, 2.75) is 63.6 Å². The molecule has 0 aromatic rings. The fourth-order valence-corrected chi connectivity index (χ4v) is 4.80. The molecule has 4 rings (SSSR count). The molecule has 0 spiro atoms. The van der Waals surface area contributed by atoms with Crippen molar-refractivity contribution in [2.75, 3.05) is 0 Å². The second-order valence-electron chi connectivity index (χ2n) is 6.50. The summed E-state index contributed by atoms with van der Waals surface area (Å²) in [5, 5.41) is 0. The summed E-state index contributed by atoms with van der Waals surface area (Å²) in [5.41, 5.74) is 0.135. The summed E-state index contributed by atoms with van der Waals surface area (Å²) in [6.45, 7) is 4.04. The van der Waals surface area contributed by atoms with Crippen LogP contribution in [0.2, 0.25) is 0 Å². The Morgan fingerprint density at radius 2 is 1.28 bits per heavy atom. The second kappa shape index (κ2) is 4.32. The minimum absolute atomic E-state index is 0.0676. The zero-order chi connectivity index (χ0) is 12.6. The molecule has 4 aliphatic rings. The lowest BCUT2D eigenvalue weighted by atomic mass is 9.52. The van der Waals surface area contributed by atoms with Crippen LogP contribution >= 0.6 is 0 Å². The Morgan fingerprint density at radius 3 is 1.67 bits per heavy atom. The van der Waals surface area contributed by atoms with Crippen LogP contribution in [0.25, 0.3) is 0 Å². The van der Waals surface area contributed by atoms with E-state index in [1.54, 1.807) is 0 Å². The standard InChI is InChI=1S/C16H24O2/c1-3-5-17-15-8-13-7-14(9-15)11-16(10-13,12-15)18-6-4-2/h3-6,13-14H,7-12H2,1-2H3. The lowest BCUT2D eigenvalue weighted by molar-refractivity contribution is -0.203. The van der Waals surface area contributed by atoms with Crippen LogP contribution in [0, 0.1) is 11.8 Å². The first-order valence-corrected chi connectivity index (χ1v) is 7.27. The van der Waals surface area contributed by atoms with Crippen molar-refractivity contribution in [1.82, 2.24) is 0 Å². The third-order valence-electron chi connectivity index (χ3n) is 4.86. The molecule has 0 heterocycles. The SMILES string of the molecule is CC=COC12CC3CC(C1)CC(OC=CC)(C3)C2. The molecule has 4 aliphatic carbocycles. The number of hydrogen-bond acceptors (Lipinski definition) is 2. The van der Waals surface area contributed by atoms with E-state index >= 15 is 0 Å². The van der Waals surface area contributed by atoms with Crippen LogP contribution in [0.3, 0.4) is 0 Å². The van der Waals surface area contributed by atoms with E-state index in [4.69, 9.17) is 9.47 Å². The van der Waals surface area contributed by atoms with E-state index in [0.717, 1.165) is 18.3 Å². The Kier molecular flexibility index (Phi) is 2.91. The number of rotatable bonds is 4. The van der Waals surface area contributed by atoms with Crippen LogP contribution < -0.4 is 0 Å². The highest BCUT2D eigenvalue weighted by Crippen LogP contribution is 2.60. The minimum Gasteiger partial charge on any atom is -0.495 e. The summed E-state index contributed by atoms with van der Waals surface area (Å²) >= 11 is 0. The molecule has 0 saturated heterocycles. The van der Waals surface area contributed by atoms with Crippen molar-refractivity contribution in [3.63, 3.8) is 0 Å². The van der Waals surface area contributed by atoms with Gasteiger partial charge in [-0.3, -0.25) is 0 Å². The Hall–Kier alpha value is -0.920. The van der Waals surface area contributed by atoms with Crippen molar-refractivity contribution < 1.29 is 9.47 Å². The maximum Gasteiger partial charge on any atom is 0.112 e. The van der Waals surface area contributed by atoms with Gasteiger partial charge in [-0.15, -0.1) is 0 Å². The Balaban J connectivity index is 1.83. The Bertz CT molecular complexity index is 323. The van der Waals surface area contributed by atoms with E-state index < -0.39 is 0 Å². The molecule has 0 atom stereocenters. The highest BCUT2D eigenvalue weighted by atomic mass is 16.5. The van der Waals surface area contributed by atoms with Crippen LogP contribution in [-0.2, 0) is 9.47 Å². The highest BCUT2D eigenvalue weighted by molar-refractivity contribution is 5.11. The van der Waals surface area contributed by atoms with Gasteiger partial charge in [0.2, 0.25) is 0 Å². The molecule has 100 valence electrons. The molecule has 2 heteroatoms. The maximum absolute atomic E-state index is 6.11. The van der Waals surface area contributed by atoms with Gasteiger partial charge >= 0.3 is 0 Å². The van der Waals surface area contributed by atoms with Crippen LogP contribution in [0.4, 0.5) is 0 Å². The molecule has 4 bridgehead atoms. The van der Waals surface area contributed by atoms with Gasteiger partial charge in [0, 0.05) is 6.42 Å². The molecular formula is C16H24O2.